The van der Waals surface area contributed by atoms with Crippen molar-refractivity contribution in [1.29, 1.82) is 0 Å². The van der Waals surface area contributed by atoms with Crippen LogP contribution in [-0.4, -0.2) is 25.1 Å². The maximum atomic E-state index is 12.3. The first-order valence-corrected chi connectivity index (χ1v) is 8.04. The molecule has 7 heteroatoms. The number of furan rings is 1. The van der Waals surface area contributed by atoms with Crippen LogP contribution in [0.25, 0.3) is 11.5 Å². The van der Waals surface area contributed by atoms with Crippen LogP contribution in [0.2, 0.25) is 0 Å². The van der Waals surface area contributed by atoms with Crippen molar-refractivity contribution in [2.24, 2.45) is 0 Å². The van der Waals surface area contributed by atoms with Crippen LogP contribution in [0.3, 0.4) is 0 Å². The number of hydrogen-bond acceptors (Lipinski definition) is 6. The number of rotatable bonds is 5. The number of nitrogens with one attached hydrogen (secondary N) is 1. The zero-order chi connectivity index (χ0) is 17.1. The molecule has 124 valence electrons. The average Bonchev–Trinajstić information content (AvgIpc) is 3.23. The topological polar surface area (TPSA) is 73.6 Å². The number of carbonyl (C=O) groups excluding carboxylic acids is 1. The molecule has 2 aromatic heterocycles. The van der Waals surface area contributed by atoms with E-state index in [1.54, 1.807) is 37.4 Å². The lowest BCUT2D eigenvalue weighted by Crippen LogP contribution is -2.10. The first-order valence-electron chi connectivity index (χ1n) is 7.16. The third kappa shape index (κ3) is 3.26. The van der Waals surface area contributed by atoms with Gasteiger partial charge in [-0.3, -0.25) is 4.79 Å². The Labute approximate surface area is 143 Å². The number of benzene rings is 1. The molecule has 0 saturated carbocycles. The summed E-state index contributed by atoms with van der Waals surface area (Å²) in [5.74, 6) is 1.56. The lowest BCUT2D eigenvalue weighted by atomic mass is 10.2. The van der Waals surface area contributed by atoms with E-state index in [2.05, 4.69) is 10.3 Å². The summed E-state index contributed by atoms with van der Waals surface area (Å²) < 4.78 is 16.0. The van der Waals surface area contributed by atoms with Crippen molar-refractivity contribution in [3.63, 3.8) is 0 Å². The van der Waals surface area contributed by atoms with Gasteiger partial charge in [0.25, 0.3) is 5.91 Å². The number of amides is 1. The quantitative estimate of drug-likeness (QED) is 0.758. The van der Waals surface area contributed by atoms with Gasteiger partial charge in [0.1, 0.15) is 5.69 Å². The maximum Gasteiger partial charge on any atom is 0.291 e. The van der Waals surface area contributed by atoms with Gasteiger partial charge >= 0.3 is 0 Å². The minimum absolute atomic E-state index is 0.213. The van der Waals surface area contributed by atoms with Gasteiger partial charge in [0.15, 0.2) is 23.0 Å². The molecule has 0 fully saturated rings. The van der Waals surface area contributed by atoms with E-state index in [4.69, 9.17) is 13.9 Å². The molecule has 0 bridgehead atoms. The second-order valence-electron chi connectivity index (χ2n) is 4.94. The van der Waals surface area contributed by atoms with Gasteiger partial charge in [-0.25, -0.2) is 4.98 Å². The Morgan fingerprint density at radius 2 is 1.96 bits per heavy atom. The van der Waals surface area contributed by atoms with Crippen molar-refractivity contribution in [1.82, 2.24) is 4.98 Å². The number of aryl methyl sites for hydroxylation is 1. The van der Waals surface area contributed by atoms with Gasteiger partial charge in [-0.2, -0.15) is 0 Å². The first-order chi connectivity index (χ1) is 11.6. The number of nitrogens with zero attached hydrogens (tertiary/aromatic N) is 1. The lowest BCUT2D eigenvalue weighted by Gasteiger charge is -2.09. The number of aromatic nitrogens is 1. The van der Waals surface area contributed by atoms with Crippen molar-refractivity contribution in [2.75, 3.05) is 19.5 Å². The lowest BCUT2D eigenvalue weighted by molar-refractivity contribution is 0.0997. The molecule has 0 saturated heterocycles. The standard InChI is InChI=1S/C17H16N2O4S/c1-10-18-12(9-24-10)13-6-7-15(23-13)17(20)19-11-4-5-14(21-2)16(8-11)22-3/h4-9H,1-3H3,(H,19,20). The van der Waals surface area contributed by atoms with Gasteiger partial charge < -0.3 is 19.2 Å². The van der Waals surface area contributed by atoms with Crippen LogP contribution in [0.15, 0.2) is 40.1 Å². The molecule has 1 amide bonds. The third-order valence-electron chi connectivity index (χ3n) is 3.34. The summed E-state index contributed by atoms with van der Waals surface area (Å²) in [4.78, 5) is 16.7. The van der Waals surface area contributed by atoms with Crippen molar-refractivity contribution < 1.29 is 18.7 Å². The summed E-state index contributed by atoms with van der Waals surface area (Å²) in [5.41, 5.74) is 1.31. The average molecular weight is 344 g/mol. The number of carbonyl (C=O) groups is 1. The Bertz CT molecular complexity index is 869. The SMILES string of the molecule is COc1ccc(NC(=O)c2ccc(-c3csc(C)n3)o2)cc1OC. The minimum atomic E-state index is -0.347. The number of hydrogen-bond donors (Lipinski definition) is 1. The molecule has 1 N–H and O–H groups in total. The van der Waals surface area contributed by atoms with E-state index in [0.717, 1.165) is 10.7 Å². The Balaban J connectivity index is 1.77. The molecule has 0 aliphatic carbocycles. The molecule has 0 radical (unpaired) electrons. The second-order valence-corrected chi connectivity index (χ2v) is 6.00. The predicted molar refractivity (Wildman–Crippen MR) is 92.1 cm³/mol. The van der Waals surface area contributed by atoms with Gasteiger partial charge in [-0.1, -0.05) is 0 Å². The second kappa shape index (κ2) is 6.76. The van der Waals surface area contributed by atoms with Gasteiger partial charge in [-0.05, 0) is 31.2 Å². The van der Waals surface area contributed by atoms with Crippen LogP contribution >= 0.6 is 11.3 Å². The number of anilines is 1. The molecule has 6 nitrogen and oxygen atoms in total. The summed E-state index contributed by atoms with van der Waals surface area (Å²) in [6.07, 6.45) is 0. The summed E-state index contributed by atoms with van der Waals surface area (Å²) >= 11 is 1.53. The molecule has 0 spiro atoms. The Hall–Kier alpha value is -2.80. The normalized spacial score (nSPS) is 10.5. The van der Waals surface area contributed by atoms with E-state index in [1.165, 1.54) is 18.4 Å². The fourth-order valence-electron chi connectivity index (χ4n) is 2.18. The van der Waals surface area contributed by atoms with Gasteiger partial charge in [-0.15, -0.1) is 11.3 Å². The fourth-order valence-corrected chi connectivity index (χ4v) is 2.78. The summed E-state index contributed by atoms with van der Waals surface area (Å²) in [6.45, 7) is 1.92. The van der Waals surface area contributed by atoms with Gasteiger partial charge in [0.2, 0.25) is 0 Å². The molecule has 24 heavy (non-hydrogen) atoms. The predicted octanol–water partition coefficient (Wildman–Crippen LogP) is 3.98. The molecule has 3 rings (SSSR count). The van der Waals surface area contributed by atoms with Crippen molar-refractivity contribution >= 4 is 22.9 Å². The molecule has 3 aromatic rings. The van der Waals surface area contributed by atoms with E-state index < -0.39 is 0 Å². The van der Waals surface area contributed by atoms with Crippen molar-refractivity contribution in [2.45, 2.75) is 6.92 Å². The number of thiazole rings is 1. The highest BCUT2D eigenvalue weighted by atomic mass is 32.1. The van der Waals surface area contributed by atoms with Gasteiger partial charge in [0.05, 0.1) is 19.2 Å². The van der Waals surface area contributed by atoms with E-state index in [9.17, 15) is 4.79 Å². The zero-order valence-electron chi connectivity index (χ0n) is 13.5. The Kier molecular flexibility index (Phi) is 4.52. The van der Waals surface area contributed by atoms with E-state index >= 15 is 0 Å². The smallest absolute Gasteiger partial charge is 0.291 e. The highest BCUT2D eigenvalue weighted by Crippen LogP contribution is 2.30. The molecule has 0 unspecified atom stereocenters. The molecule has 0 aliphatic heterocycles. The summed E-state index contributed by atoms with van der Waals surface area (Å²) in [5, 5.41) is 5.60. The summed E-state index contributed by atoms with van der Waals surface area (Å²) in [6, 6.07) is 8.50. The highest BCUT2D eigenvalue weighted by molar-refractivity contribution is 7.09. The third-order valence-corrected chi connectivity index (χ3v) is 4.12. The molecule has 0 aliphatic rings. The molecule has 1 aromatic carbocycles. The number of ether oxygens (including phenoxy) is 2. The van der Waals surface area contributed by atoms with Crippen LogP contribution in [0.1, 0.15) is 15.6 Å². The molecule has 2 heterocycles. The van der Waals surface area contributed by atoms with Crippen LogP contribution in [-0.2, 0) is 0 Å². The van der Waals surface area contributed by atoms with E-state index in [-0.39, 0.29) is 11.7 Å². The number of methoxy groups -OCH3 is 2. The van der Waals surface area contributed by atoms with Crippen molar-refractivity contribution in [3.05, 3.63) is 46.5 Å². The van der Waals surface area contributed by atoms with Crippen LogP contribution in [0.4, 0.5) is 5.69 Å². The monoisotopic (exact) mass is 344 g/mol. The highest BCUT2D eigenvalue weighted by Gasteiger charge is 2.15. The Morgan fingerprint density at radius 3 is 2.62 bits per heavy atom. The fraction of sp³-hybridized carbons (Fsp3) is 0.176. The largest absolute Gasteiger partial charge is 0.493 e. The first kappa shape index (κ1) is 16.1. The molecular weight excluding hydrogens is 328 g/mol. The summed E-state index contributed by atoms with van der Waals surface area (Å²) in [7, 11) is 3.10. The molecular formula is C17H16N2O4S. The van der Waals surface area contributed by atoms with Crippen LogP contribution < -0.4 is 14.8 Å². The minimum Gasteiger partial charge on any atom is -0.493 e. The van der Waals surface area contributed by atoms with E-state index in [1.807, 2.05) is 12.3 Å². The van der Waals surface area contributed by atoms with Crippen LogP contribution in [0, 0.1) is 6.92 Å². The maximum absolute atomic E-state index is 12.3. The Morgan fingerprint density at radius 1 is 1.17 bits per heavy atom. The zero-order valence-corrected chi connectivity index (χ0v) is 14.3. The molecule has 0 atom stereocenters. The van der Waals surface area contributed by atoms with E-state index in [0.29, 0.717) is 22.9 Å². The van der Waals surface area contributed by atoms with Crippen molar-refractivity contribution in [3.8, 4) is 23.0 Å². The van der Waals surface area contributed by atoms with Crippen LogP contribution in [0.5, 0.6) is 11.5 Å². The van der Waals surface area contributed by atoms with Gasteiger partial charge in [0, 0.05) is 17.1 Å².